The SMILES string of the molecule is Cc1ccc2nc(-c3ccc(F)c(C)c3)c(CC(=O)NCc3ccccc3F)n2c1. The molecule has 152 valence electrons. The highest BCUT2D eigenvalue weighted by Crippen LogP contribution is 2.27. The van der Waals surface area contributed by atoms with E-state index in [1.807, 2.05) is 29.7 Å². The van der Waals surface area contributed by atoms with Crippen molar-refractivity contribution in [2.75, 3.05) is 0 Å². The summed E-state index contributed by atoms with van der Waals surface area (Å²) >= 11 is 0. The lowest BCUT2D eigenvalue weighted by atomic mass is 10.1. The van der Waals surface area contributed by atoms with Gasteiger partial charge in [-0.15, -0.1) is 0 Å². The Labute approximate surface area is 173 Å². The van der Waals surface area contributed by atoms with Crippen molar-refractivity contribution in [3.63, 3.8) is 0 Å². The summed E-state index contributed by atoms with van der Waals surface area (Å²) in [4.78, 5) is 17.4. The fourth-order valence-electron chi connectivity index (χ4n) is 3.44. The smallest absolute Gasteiger partial charge is 0.226 e. The number of hydrogen-bond acceptors (Lipinski definition) is 2. The van der Waals surface area contributed by atoms with E-state index >= 15 is 0 Å². The van der Waals surface area contributed by atoms with Gasteiger partial charge in [-0.2, -0.15) is 0 Å². The number of aryl methyl sites for hydroxylation is 2. The van der Waals surface area contributed by atoms with Crippen LogP contribution in [0.15, 0.2) is 60.8 Å². The van der Waals surface area contributed by atoms with Crippen molar-refractivity contribution in [1.29, 1.82) is 0 Å². The monoisotopic (exact) mass is 405 g/mol. The highest BCUT2D eigenvalue weighted by molar-refractivity contribution is 5.81. The van der Waals surface area contributed by atoms with Crippen LogP contribution in [0.25, 0.3) is 16.9 Å². The van der Waals surface area contributed by atoms with Crippen LogP contribution in [-0.4, -0.2) is 15.3 Å². The van der Waals surface area contributed by atoms with Crippen LogP contribution < -0.4 is 5.32 Å². The highest BCUT2D eigenvalue weighted by atomic mass is 19.1. The van der Waals surface area contributed by atoms with Crippen LogP contribution in [0.2, 0.25) is 0 Å². The molecule has 1 amide bonds. The number of carbonyl (C=O) groups is 1. The third-order valence-electron chi connectivity index (χ3n) is 5.06. The quantitative estimate of drug-likeness (QED) is 0.521. The third kappa shape index (κ3) is 3.94. The van der Waals surface area contributed by atoms with Crippen molar-refractivity contribution in [3.8, 4) is 11.3 Å². The lowest BCUT2D eigenvalue weighted by Crippen LogP contribution is -2.25. The van der Waals surface area contributed by atoms with E-state index in [9.17, 15) is 13.6 Å². The van der Waals surface area contributed by atoms with Crippen molar-refractivity contribution in [3.05, 3.63) is 94.8 Å². The zero-order chi connectivity index (χ0) is 21.3. The zero-order valence-electron chi connectivity index (χ0n) is 16.7. The van der Waals surface area contributed by atoms with Crippen LogP contribution in [-0.2, 0) is 17.8 Å². The number of imidazole rings is 1. The molecule has 4 aromatic rings. The van der Waals surface area contributed by atoms with Gasteiger partial charge in [-0.25, -0.2) is 13.8 Å². The van der Waals surface area contributed by atoms with E-state index in [1.165, 1.54) is 12.1 Å². The van der Waals surface area contributed by atoms with Gasteiger partial charge in [0.05, 0.1) is 17.8 Å². The van der Waals surface area contributed by atoms with E-state index in [1.54, 1.807) is 37.3 Å². The average Bonchev–Trinajstić information content (AvgIpc) is 3.07. The molecular weight excluding hydrogens is 384 g/mol. The maximum Gasteiger partial charge on any atom is 0.226 e. The molecule has 0 aliphatic rings. The summed E-state index contributed by atoms with van der Waals surface area (Å²) in [7, 11) is 0. The molecule has 2 aromatic heterocycles. The third-order valence-corrected chi connectivity index (χ3v) is 5.06. The molecule has 0 spiro atoms. The summed E-state index contributed by atoms with van der Waals surface area (Å²) in [5.74, 6) is -0.894. The van der Waals surface area contributed by atoms with Gasteiger partial charge in [0.2, 0.25) is 5.91 Å². The first-order chi connectivity index (χ1) is 14.4. The lowest BCUT2D eigenvalue weighted by Gasteiger charge is -2.09. The first-order valence-electron chi connectivity index (χ1n) is 9.66. The second-order valence-corrected chi connectivity index (χ2v) is 7.35. The van der Waals surface area contributed by atoms with Gasteiger partial charge in [-0.1, -0.05) is 24.3 Å². The number of amides is 1. The molecule has 2 heterocycles. The van der Waals surface area contributed by atoms with Gasteiger partial charge in [-0.05, 0) is 55.3 Å². The summed E-state index contributed by atoms with van der Waals surface area (Å²) in [6.07, 6.45) is 1.98. The van der Waals surface area contributed by atoms with Crippen LogP contribution in [0.1, 0.15) is 22.4 Å². The van der Waals surface area contributed by atoms with Gasteiger partial charge < -0.3 is 9.72 Å². The predicted octanol–water partition coefficient (Wildman–Crippen LogP) is 4.76. The largest absolute Gasteiger partial charge is 0.352 e. The average molecular weight is 405 g/mol. The molecule has 1 N–H and O–H groups in total. The number of nitrogens with one attached hydrogen (secondary N) is 1. The minimum atomic E-state index is -0.356. The molecule has 6 heteroatoms. The fourth-order valence-corrected chi connectivity index (χ4v) is 3.44. The molecule has 2 aromatic carbocycles. The van der Waals surface area contributed by atoms with Gasteiger partial charge in [-0.3, -0.25) is 4.79 Å². The minimum Gasteiger partial charge on any atom is -0.352 e. The summed E-state index contributed by atoms with van der Waals surface area (Å²) in [5, 5.41) is 2.78. The number of nitrogens with zero attached hydrogens (tertiary/aromatic N) is 2. The van der Waals surface area contributed by atoms with Crippen molar-refractivity contribution < 1.29 is 13.6 Å². The summed E-state index contributed by atoms with van der Waals surface area (Å²) in [5.41, 5.74) is 4.73. The van der Waals surface area contributed by atoms with Crippen molar-refractivity contribution >= 4 is 11.6 Å². The van der Waals surface area contributed by atoms with Crippen LogP contribution in [0.3, 0.4) is 0 Å². The Balaban J connectivity index is 1.67. The minimum absolute atomic E-state index is 0.0603. The number of hydrogen-bond donors (Lipinski definition) is 1. The molecule has 0 atom stereocenters. The van der Waals surface area contributed by atoms with Crippen molar-refractivity contribution in [2.45, 2.75) is 26.8 Å². The zero-order valence-corrected chi connectivity index (χ0v) is 16.7. The van der Waals surface area contributed by atoms with E-state index < -0.39 is 0 Å². The Hall–Kier alpha value is -3.54. The number of fused-ring (bicyclic) bond motifs is 1. The van der Waals surface area contributed by atoms with E-state index in [0.29, 0.717) is 28.2 Å². The topological polar surface area (TPSA) is 46.4 Å². The Kier molecular flexibility index (Phi) is 5.31. The Morgan fingerprint density at radius 1 is 1.03 bits per heavy atom. The van der Waals surface area contributed by atoms with E-state index in [2.05, 4.69) is 10.3 Å². The number of rotatable bonds is 5. The first-order valence-corrected chi connectivity index (χ1v) is 9.66. The Morgan fingerprint density at radius 2 is 1.83 bits per heavy atom. The number of carbonyl (C=O) groups excluding carboxylic acids is 1. The standard InChI is InChI=1S/C24H21F2N3O/c1-15-7-10-22-28-24(17-8-9-19(25)16(2)11-17)21(29(22)14-15)12-23(30)27-13-18-5-3-4-6-20(18)26/h3-11,14H,12-13H2,1-2H3,(H,27,30). The van der Waals surface area contributed by atoms with Crippen molar-refractivity contribution in [1.82, 2.24) is 14.7 Å². The second kappa shape index (κ2) is 8.06. The number of aromatic nitrogens is 2. The Morgan fingerprint density at radius 3 is 2.60 bits per heavy atom. The fraction of sp³-hybridized carbons (Fsp3) is 0.167. The molecule has 4 rings (SSSR count). The van der Waals surface area contributed by atoms with Crippen LogP contribution in [0, 0.1) is 25.5 Å². The van der Waals surface area contributed by atoms with Gasteiger partial charge >= 0.3 is 0 Å². The van der Waals surface area contributed by atoms with Crippen LogP contribution in [0.4, 0.5) is 8.78 Å². The molecule has 0 bridgehead atoms. The lowest BCUT2D eigenvalue weighted by molar-refractivity contribution is -0.120. The first kappa shape index (κ1) is 19.8. The molecule has 4 nitrogen and oxygen atoms in total. The van der Waals surface area contributed by atoms with Gasteiger partial charge in [0.15, 0.2) is 0 Å². The summed E-state index contributed by atoms with van der Waals surface area (Å²) in [6, 6.07) is 15.0. The normalized spacial score (nSPS) is 11.1. The van der Waals surface area contributed by atoms with Gasteiger partial charge in [0, 0.05) is 23.9 Å². The molecule has 0 radical (unpaired) electrons. The molecule has 0 saturated heterocycles. The molecule has 0 aliphatic carbocycles. The second-order valence-electron chi connectivity index (χ2n) is 7.35. The Bertz CT molecular complexity index is 1250. The molecule has 0 aliphatic heterocycles. The van der Waals surface area contributed by atoms with Crippen LogP contribution in [0.5, 0.6) is 0 Å². The molecule has 30 heavy (non-hydrogen) atoms. The molecular formula is C24H21F2N3O. The highest BCUT2D eigenvalue weighted by Gasteiger charge is 2.18. The van der Waals surface area contributed by atoms with Crippen molar-refractivity contribution in [2.24, 2.45) is 0 Å². The summed E-state index contributed by atoms with van der Waals surface area (Å²) < 4.78 is 29.5. The van der Waals surface area contributed by atoms with E-state index in [0.717, 1.165) is 11.1 Å². The van der Waals surface area contributed by atoms with E-state index in [-0.39, 0.29) is 30.5 Å². The maximum atomic E-state index is 13.8. The van der Waals surface area contributed by atoms with E-state index in [4.69, 9.17) is 0 Å². The molecule has 0 fully saturated rings. The van der Waals surface area contributed by atoms with Crippen LogP contribution >= 0.6 is 0 Å². The summed E-state index contributed by atoms with van der Waals surface area (Å²) in [6.45, 7) is 3.76. The number of benzene rings is 2. The van der Waals surface area contributed by atoms with Gasteiger partial charge in [0.1, 0.15) is 17.3 Å². The number of halogens is 2. The maximum absolute atomic E-state index is 13.8. The number of pyridine rings is 1. The van der Waals surface area contributed by atoms with Gasteiger partial charge in [0.25, 0.3) is 0 Å². The molecule has 0 saturated carbocycles. The predicted molar refractivity (Wildman–Crippen MR) is 112 cm³/mol. The molecule has 0 unspecified atom stereocenters.